The number of anilines is 1. The van der Waals surface area contributed by atoms with E-state index in [1.165, 1.54) is 11.8 Å². The van der Waals surface area contributed by atoms with Crippen LogP contribution in [0.4, 0.5) is 5.13 Å². The zero-order valence-corrected chi connectivity index (χ0v) is 18.6. The molecule has 0 bridgehead atoms. The third kappa shape index (κ3) is 6.14. The molecule has 1 aromatic heterocycles. The van der Waals surface area contributed by atoms with Gasteiger partial charge in [-0.25, -0.2) is 13.1 Å². The van der Waals surface area contributed by atoms with Crippen molar-refractivity contribution >= 4 is 67.4 Å². The molecular weight excluding hydrogens is 475 g/mol. The number of thioether (sulfide) groups is 1. The Morgan fingerprint density at radius 2 is 1.79 bits per heavy atom. The molecule has 0 atom stereocenters. The maximum Gasteiger partial charge on any atom is 0.269 e. The summed E-state index contributed by atoms with van der Waals surface area (Å²) >= 11 is 14.1. The van der Waals surface area contributed by atoms with Gasteiger partial charge < -0.3 is 0 Å². The number of carbonyl (C=O) groups is 1. The van der Waals surface area contributed by atoms with E-state index in [1.807, 2.05) is 12.1 Å². The summed E-state index contributed by atoms with van der Waals surface area (Å²) in [4.78, 5) is 13.2. The highest BCUT2D eigenvalue weighted by Crippen LogP contribution is 2.23. The Labute approximate surface area is 185 Å². The molecule has 1 heterocycles. The van der Waals surface area contributed by atoms with Crippen LogP contribution >= 0.6 is 46.3 Å². The molecule has 0 aliphatic rings. The fourth-order valence-electron chi connectivity index (χ4n) is 2.12. The Morgan fingerprint density at radius 1 is 1.07 bits per heavy atom. The first-order valence-electron chi connectivity index (χ1n) is 8.12. The Bertz CT molecular complexity index is 1110. The lowest BCUT2D eigenvalue weighted by Gasteiger charge is -2.04. The molecule has 0 aliphatic carbocycles. The summed E-state index contributed by atoms with van der Waals surface area (Å²) in [5, 5.41) is 10.9. The van der Waals surface area contributed by atoms with E-state index >= 15 is 0 Å². The molecule has 0 spiro atoms. The quantitative estimate of drug-likeness (QED) is 0.280. The van der Waals surface area contributed by atoms with Gasteiger partial charge in [0.25, 0.3) is 15.9 Å². The van der Waals surface area contributed by atoms with Crippen LogP contribution in [0.2, 0.25) is 10.0 Å². The summed E-state index contributed by atoms with van der Waals surface area (Å²) in [6, 6.07) is 13.8. The van der Waals surface area contributed by atoms with Crippen molar-refractivity contribution in [1.29, 1.82) is 0 Å². The molecule has 0 saturated heterocycles. The van der Waals surface area contributed by atoms with Crippen LogP contribution in [0.3, 0.4) is 0 Å². The minimum atomic E-state index is -3.83. The molecule has 0 aliphatic heterocycles. The van der Waals surface area contributed by atoms with Gasteiger partial charge in [-0.1, -0.05) is 46.7 Å². The molecule has 0 saturated carbocycles. The van der Waals surface area contributed by atoms with Crippen LogP contribution in [0.25, 0.3) is 0 Å². The number of nitrogens with zero attached hydrogens (tertiary/aromatic N) is 2. The first-order chi connectivity index (χ1) is 13.8. The van der Waals surface area contributed by atoms with Gasteiger partial charge in [0.05, 0.1) is 10.6 Å². The number of rotatable bonds is 8. The minimum absolute atomic E-state index is 0.0610. The van der Waals surface area contributed by atoms with Gasteiger partial charge in [0.1, 0.15) is 0 Å². The summed E-state index contributed by atoms with van der Waals surface area (Å²) in [7, 11) is -3.83. The maximum absolute atomic E-state index is 12.3. The third-order valence-corrected chi connectivity index (χ3v) is 7.71. The normalized spacial score (nSPS) is 11.4. The summed E-state index contributed by atoms with van der Waals surface area (Å²) in [5.74, 6) is 0.0264. The van der Waals surface area contributed by atoms with Gasteiger partial charge in [0.15, 0.2) is 0 Å². The van der Waals surface area contributed by atoms with Crippen LogP contribution in [0, 0.1) is 0 Å². The summed E-state index contributed by atoms with van der Waals surface area (Å²) in [6.45, 7) is 0.205. The number of hydrogen-bond acceptors (Lipinski definition) is 7. The number of carbonyl (C=O) groups excluding carboxylic acids is 1. The predicted octanol–water partition coefficient (Wildman–Crippen LogP) is 4.17. The van der Waals surface area contributed by atoms with Crippen molar-refractivity contribution in [2.75, 3.05) is 17.6 Å². The van der Waals surface area contributed by atoms with Crippen LogP contribution < -0.4 is 10.0 Å². The highest BCUT2D eigenvalue weighted by Gasteiger charge is 2.21. The molecule has 7 nitrogen and oxygen atoms in total. The molecule has 1 amide bonds. The fraction of sp³-hybridized carbons (Fsp3) is 0.118. The van der Waals surface area contributed by atoms with Crippen molar-refractivity contribution in [3.8, 4) is 0 Å². The number of nitrogens with one attached hydrogen (secondary N) is 2. The van der Waals surface area contributed by atoms with Crippen LogP contribution in [0.1, 0.15) is 10.4 Å². The van der Waals surface area contributed by atoms with Crippen molar-refractivity contribution in [3.63, 3.8) is 0 Å². The first kappa shape index (κ1) is 22.0. The minimum Gasteiger partial charge on any atom is -0.296 e. The number of amides is 1. The molecular formula is C17H14Cl2N4O3S3. The molecule has 2 aromatic carbocycles. The number of hydrogen-bond donors (Lipinski definition) is 2. The Kier molecular flexibility index (Phi) is 7.49. The molecule has 29 heavy (non-hydrogen) atoms. The third-order valence-electron chi connectivity index (χ3n) is 3.45. The smallest absolute Gasteiger partial charge is 0.269 e. The molecule has 0 radical (unpaired) electrons. The average molecular weight is 489 g/mol. The van der Waals surface area contributed by atoms with Crippen LogP contribution in [-0.4, -0.2) is 36.8 Å². The standard InChI is InChI=1S/C17H14Cl2N4O3S3/c18-11-5-7-12(8-6-11)27-10-9-20-29(25,26)17-23-22-16(28-17)21-15(24)13-3-1-2-4-14(13)19/h1-8,20H,9-10H2,(H,21,22,24). The highest BCUT2D eigenvalue weighted by atomic mass is 35.5. The highest BCUT2D eigenvalue weighted by molar-refractivity contribution is 7.99. The van der Waals surface area contributed by atoms with Gasteiger partial charge in [0.2, 0.25) is 9.47 Å². The first-order valence-corrected chi connectivity index (χ1v) is 12.2. The van der Waals surface area contributed by atoms with Gasteiger partial charge in [0, 0.05) is 22.2 Å². The van der Waals surface area contributed by atoms with Crippen molar-refractivity contribution < 1.29 is 13.2 Å². The average Bonchev–Trinajstić information content (AvgIpc) is 3.16. The van der Waals surface area contributed by atoms with Gasteiger partial charge in [-0.3, -0.25) is 10.1 Å². The topological polar surface area (TPSA) is 101 Å². The maximum atomic E-state index is 12.3. The lowest BCUT2D eigenvalue weighted by atomic mass is 10.2. The molecule has 0 fully saturated rings. The van der Waals surface area contributed by atoms with Gasteiger partial charge in [-0.15, -0.1) is 22.0 Å². The second-order valence-corrected chi connectivity index (χ2v) is 10.4. The molecule has 12 heteroatoms. The van der Waals surface area contributed by atoms with Crippen molar-refractivity contribution in [1.82, 2.24) is 14.9 Å². The number of halogens is 2. The summed E-state index contributed by atoms with van der Waals surface area (Å²) < 4.78 is 26.9. The molecule has 152 valence electrons. The second-order valence-electron chi connectivity index (χ2n) is 5.51. The Hall–Kier alpha value is -1.69. The number of aromatic nitrogens is 2. The zero-order chi connectivity index (χ0) is 20.9. The summed E-state index contributed by atoms with van der Waals surface area (Å²) in [5.41, 5.74) is 0.256. The molecule has 0 unspecified atom stereocenters. The van der Waals surface area contributed by atoms with Crippen molar-refractivity contribution in [2.24, 2.45) is 0 Å². The monoisotopic (exact) mass is 488 g/mol. The molecule has 2 N–H and O–H groups in total. The van der Waals surface area contributed by atoms with E-state index in [2.05, 4.69) is 20.2 Å². The van der Waals surface area contributed by atoms with E-state index in [1.54, 1.807) is 36.4 Å². The van der Waals surface area contributed by atoms with Gasteiger partial charge in [-0.05, 0) is 36.4 Å². The second kappa shape index (κ2) is 9.88. The largest absolute Gasteiger partial charge is 0.296 e. The van der Waals surface area contributed by atoms with E-state index < -0.39 is 15.9 Å². The van der Waals surface area contributed by atoms with E-state index in [0.29, 0.717) is 10.8 Å². The van der Waals surface area contributed by atoms with Crippen LogP contribution in [0.5, 0.6) is 0 Å². The van der Waals surface area contributed by atoms with E-state index in [4.69, 9.17) is 23.2 Å². The van der Waals surface area contributed by atoms with Crippen molar-refractivity contribution in [2.45, 2.75) is 9.24 Å². The van der Waals surface area contributed by atoms with E-state index in [9.17, 15) is 13.2 Å². The van der Waals surface area contributed by atoms with E-state index in [0.717, 1.165) is 16.2 Å². The molecule has 3 aromatic rings. The molecule has 3 rings (SSSR count). The van der Waals surface area contributed by atoms with Gasteiger partial charge >= 0.3 is 0 Å². The number of sulfonamides is 1. The van der Waals surface area contributed by atoms with Crippen LogP contribution in [-0.2, 0) is 10.0 Å². The Balaban J connectivity index is 1.55. The zero-order valence-electron chi connectivity index (χ0n) is 14.6. The Morgan fingerprint density at radius 3 is 2.52 bits per heavy atom. The van der Waals surface area contributed by atoms with E-state index in [-0.39, 0.29) is 26.6 Å². The number of benzene rings is 2. The van der Waals surface area contributed by atoms with Crippen LogP contribution in [0.15, 0.2) is 57.8 Å². The lowest BCUT2D eigenvalue weighted by molar-refractivity contribution is 0.102. The fourth-order valence-corrected chi connectivity index (χ4v) is 5.33. The summed E-state index contributed by atoms with van der Waals surface area (Å²) in [6.07, 6.45) is 0. The SMILES string of the molecule is O=C(Nc1nnc(S(=O)(=O)NCCSc2ccc(Cl)cc2)s1)c1ccccc1Cl. The predicted molar refractivity (Wildman–Crippen MR) is 117 cm³/mol. The van der Waals surface area contributed by atoms with Gasteiger partial charge in [-0.2, -0.15) is 0 Å². The lowest BCUT2D eigenvalue weighted by Crippen LogP contribution is -2.25. The van der Waals surface area contributed by atoms with Crippen molar-refractivity contribution in [3.05, 3.63) is 64.1 Å².